The van der Waals surface area contributed by atoms with Crippen LogP contribution in [0, 0.1) is 11.3 Å². The maximum absolute atomic E-state index is 9.48. The Morgan fingerprint density at radius 2 is 2.00 bits per heavy atom. The molecule has 5 nitrogen and oxygen atoms in total. The molecule has 0 aliphatic heterocycles. The Morgan fingerprint density at radius 3 is 2.61 bits per heavy atom. The van der Waals surface area contributed by atoms with Crippen molar-refractivity contribution in [2.75, 3.05) is 5.73 Å². The summed E-state index contributed by atoms with van der Waals surface area (Å²) in [6.07, 6.45) is 3.49. The zero-order chi connectivity index (χ0) is 16.4. The van der Waals surface area contributed by atoms with Crippen LogP contribution in [0.5, 0.6) is 0 Å². The van der Waals surface area contributed by atoms with Gasteiger partial charge in [0.1, 0.15) is 23.1 Å². The second kappa shape index (κ2) is 6.23. The van der Waals surface area contributed by atoms with Crippen LogP contribution in [-0.2, 0) is 0 Å². The van der Waals surface area contributed by atoms with E-state index in [1.807, 2.05) is 43.3 Å². The van der Waals surface area contributed by atoms with Crippen LogP contribution < -0.4 is 5.73 Å². The van der Waals surface area contributed by atoms with Crippen molar-refractivity contribution in [2.45, 2.75) is 13.0 Å². The lowest BCUT2D eigenvalue weighted by molar-refractivity contribution is 0.573. The molecule has 23 heavy (non-hydrogen) atoms. The highest BCUT2D eigenvalue weighted by molar-refractivity contribution is 9.10. The summed E-state index contributed by atoms with van der Waals surface area (Å²) in [5.41, 5.74) is 8.99. The molecule has 0 bridgehead atoms. The van der Waals surface area contributed by atoms with E-state index in [0.29, 0.717) is 17.1 Å². The molecule has 2 N–H and O–H groups in total. The Kier molecular flexibility index (Phi) is 4.13. The summed E-state index contributed by atoms with van der Waals surface area (Å²) in [5, 5.41) is 14.1. The largest absolute Gasteiger partial charge is 0.383 e. The van der Waals surface area contributed by atoms with Crippen LogP contribution in [0.3, 0.4) is 0 Å². The summed E-state index contributed by atoms with van der Waals surface area (Å²) >= 11 is 3.40. The molecule has 0 fully saturated rings. The molecule has 2 aromatic heterocycles. The van der Waals surface area contributed by atoms with E-state index in [2.05, 4.69) is 32.1 Å². The number of nitriles is 1. The first-order valence-electron chi connectivity index (χ1n) is 7.05. The molecule has 114 valence electrons. The quantitative estimate of drug-likeness (QED) is 0.763. The maximum Gasteiger partial charge on any atom is 0.141 e. The van der Waals surface area contributed by atoms with Gasteiger partial charge in [0, 0.05) is 22.4 Å². The van der Waals surface area contributed by atoms with Crippen LogP contribution in [0.1, 0.15) is 24.1 Å². The number of rotatable bonds is 3. The predicted molar refractivity (Wildman–Crippen MR) is 92.5 cm³/mol. The molecule has 0 aliphatic rings. The van der Waals surface area contributed by atoms with Crippen LogP contribution in [0.25, 0.3) is 11.3 Å². The van der Waals surface area contributed by atoms with Gasteiger partial charge in [0.25, 0.3) is 0 Å². The maximum atomic E-state index is 9.48. The van der Waals surface area contributed by atoms with Gasteiger partial charge in [0.05, 0.1) is 6.04 Å². The molecule has 1 atom stereocenters. The fraction of sp³-hybridized carbons (Fsp3) is 0.118. The second-order valence-corrected chi connectivity index (χ2v) is 6.05. The van der Waals surface area contributed by atoms with Crippen molar-refractivity contribution < 1.29 is 0 Å². The molecule has 3 aromatic rings. The van der Waals surface area contributed by atoms with Gasteiger partial charge in [0.2, 0.25) is 0 Å². The Morgan fingerprint density at radius 1 is 1.26 bits per heavy atom. The standard InChI is InChI=1S/C17H14BrN5/c1-11(13-3-2-8-21-10-13)23-17(20)15(9-19)16(22-23)12-4-6-14(18)7-5-12/h2-8,10-11H,20H2,1H3. The molecule has 0 amide bonds. The zero-order valence-corrected chi connectivity index (χ0v) is 14.0. The van der Waals surface area contributed by atoms with Crippen molar-refractivity contribution in [3.05, 3.63) is 64.4 Å². The number of hydrogen-bond acceptors (Lipinski definition) is 4. The molecule has 6 heteroatoms. The Labute approximate surface area is 142 Å². The SMILES string of the molecule is CC(c1cccnc1)n1nc(-c2ccc(Br)cc2)c(C#N)c1N. The molecule has 0 radical (unpaired) electrons. The van der Waals surface area contributed by atoms with E-state index in [4.69, 9.17) is 5.73 Å². The number of hydrogen-bond donors (Lipinski definition) is 1. The summed E-state index contributed by atoms with van der Waals surface area (Å²) in [6.45, 7) is 1.98. The molecule has 1 aromatic carbocycles. The molecular formula is C17H14BrN5. The van der Waals surface area contributed by atoms with Crippen molar-refractivity contribution >= 4 is 21.7 Å². The lowest BCUT2D eigenvalue weighted by atomic mass is 10.1. The highest BCUT2D eigenvalue weighted by Crippen LogP contribution is 2.31. The summed E-state index contributed by atoms with van der Waals surface area (Å²) in [6, 6.07) is 13.5. The summed E-state index contributed by atoms with van der Waals surface area (Å²) in [7, 11) is 0. The molecule has 0 aliphatic carbocycles. The number of pyridine rings is 1. The normalized spacial score (nSPS) is 11.9. The fourth-order valence-corrected chi connectivity index (χ4v) is 2.69. The first-order valence-corrected chi connectivity index (χ1v) is 7.85. The van der Waals surface area contributed by atoms with Gasteiger partial charge in [-0.15, -0.1) is 0 Å². The fourth-order valence-electron chi connectivity index (χ4n) is 2.43. The van der Waals surface area contributed by atoms with Crippen molar-refractivity contribution in [3.63, 3.8) is 0 Å². The van der Waals surface area contributed by atoms with E-state index < -0.39 is 0 Å². The first kappa shape index (κ1) is 15.3. The van der Waals surface area contributed by atoms with Gasteiger partial charge < -0.3 is 5.73 Å². The molecule has 3 rings (SSSR count). The van der Waals surface area contributed by atoms with Crippen molar-refractivity contribution in [2.24, 2.45) is 0 Å². The van der Waals surface area contributed by atoms with Crippen LogP contribution >= 0.6 is 15.9 Å². The van der Waals surface area contributed by atoms with E-state index in [0.717, 1.165) is 15.6 Å². The van der Waals surface area contributed by atoms with E-state index >= 15 is 0 Å². The topological polar surface area (TPSA) is 80.5 Å². The van der Waals surface area contributed by atoms with Gasteiger partial charge >= 0.3 is 0 Å². The van der Waals surface area contributed by atoms with Gasteiger partial charge in [-0.1, -0.05) is 34.1 Å². The number of nitrogens with zero attached hydrogens (tertiary/aromatic N) is 4. The molecule has 2 heterocycles. The smallest absolute Gasteiger partial charge is 0.141 e. The minimum absolute atomic E-state index is 0.111. The number of halogens is 1. The lowest BCUT2D eigenvalue weighted by Gasteiger charge is -2.13. The van der Waals surface area contributed by atoms with Crippen molar-refractivity contribution in [1.29, 1.82) is 5.26 Å². The number of anilines is 1. The second-order valence-electron chi connectivity index (χ2n) is 5.13. The van der Waals surface area contributed by atoms with Crippen molar-refractivity contribution in [1.82, 2.24) is 14.8 Å². The Hall–Kier alpha value is -2.65. The van der Waals surface area contributed by atoms with Gasteiger partial charge in [-0.05, 0) is 30.7 Å². The lowest BCUT2D eigenvalue weighted by Crippen LogP contribution is -2.12. The summed E-state index contributed by atoms with van der Waals surface area (Å²) in [5.74, 6) is 0.363. The van der Waals surface area contributed by atoms with E-state index in [1.165, 1.54) is 0 Å². The highest BCUT2D eigenvalue weighted by Gasteiger charge is 2.21. The zero-order valence-electron chi connectivity index (χ0n) is 12.4. The van der Waals surface area contributed by atoms with Crippen LogP contribution in [0.15, 0.2) is 53.3 Å². The average molecular weight is 368 g/mol. The molecule has 1 unspecified atom stereocenters. The third-order valence-corrected chi connectivity index (χ3v) is 4.24. The van der Waals surface area contributed by atoms with Crippen LogP contribution in [0.4, 0.5) is 5.82 Å². The third-order valence-electron chi connectivity index (χ3n) is 3.71. The van der Waals surface area contributed by atoms with Gasteiger partial charge in [-0.3, -0.25) is 4.98 Å². The Balaban J connectivity index is 2.10. The van der Waals surface area contributed by atoms with Crippen LogP contribution in [-0.4, -0.2) is 14.8 Å². The number of aromatic nitrogens is 3. The third kappa shape index (κ3) is 2.83. The number of benzene rings is 1. The molecule has 0 saturated heterocycles. The summed E-state index contributed by atoms with van der Waals surface area (Å²) < 4.78 is 2.64. The average Bonchev–Trinajstić information content (AvgIpc) is 2.92. The number of nitrogen functional groups attached to an aromatic ring is 1. The summed E-state index contributed by atoms with van der Waals surface area (Å²) in [4.78, 5) is 4.13. The van der Waals surface area contributed by atoms with E-state index in [9.17, 15) is 5.26 Å². The molecule has 0 saturated carbocycles. The Bertz CT molecular complexity index is 862. The predicted octanol–water partition coefficient (Wildman–Crippen LogP) is 3.77. The van der Waals surface area contributed by atoms with E-state index in [-0.39, 0.29) is 6.04 Å². The number of nitrogens with two attached hydrogens (primary N) is 1. The van der Waals surface area contributed by atoms with Crippen LogP contribution in [0.2, 0.25) is 0 Å². The highest BCUT2D eigenvalue weighted by atomic mass is 79.9. The van der Waals surface area contributed by atoms with Crippen molar-refractivity contribution in [3.8, 4) is 17.3 Å². The first-order chi connectivity index (χ1) is 11.1. The van der Waals surface area contributed by atoms with Gasteiger partial charge in [-0.2, -0.15) is 10.4 Å². The minimum Gasteiger partial charge on any atom is -0.383 e. The molecule has 0 spiro atoms. The van der Waals surface area contributed by atoms with Gasteiger partial charge in [0.15, 0.2) is 0 Å². The molecular weight excluding hydrogens is 354 g/mol. The monoisotopic (exact) mass is 367 g/mol. The van der Waals surface area contributed by atoms with E-state index in [1.54, 1.807) is 17.1 Å². The minimum atomic E-state index is -0.111. The van der Waals surface area contributed by atoms with Gasteiger partial charge in [-0.25, -0.2) is 4.68 Å².